The van der Waals surface area contributed by atoms with Crippen molar-refractivity contribution in [1.29, 1.82) is 0 Å². The molecule has 9 atom stereocenters. The molecule has 3 saturated carbocycles. The van der Waals surface area contributed by atoms with Gasteiger partial charge < -0.3 is 29.3 Å². The van der Waals surface area contributed by atoms with Crippen molar-refractivity contribution < 1.29 is 38.4 Å². The summed E-state index contributed by atoms with van der Waals surface area (Å²) in [6, 6.07) is 7.76. The van der Waals surface area contributed by atoms with Crippen LogP contribution in [0.4, 0.5) is 4.39 Å². The second-order valence-electron chi connectivity index (χ2n) is 13.6. The van der Waals surface area contributed by atoms with E-state index in [2.05, 4.69) is 5.16 Å². The van der Waals surface area contributed by atoms with Gasteiger partial charge in [-0.15, -0.1) is 0 Å². The number of alkyl halides is 1. The molecule has 1 heterocycles. The lowest BCUT2D eigenvalue weighted by Gasteiger charge is -2.60. The Bertz CT molecular complexity index is 1320. The molecule has 228 valence electrons. The third kappa shape index (κ3) is 4.38. The van der Waals surface area contributed by atoms with Crippen LogP contribution in [0, 0.1) is 35.5 Å². The maximum atomic E-state index is 16.1. The van der Waals surface area contributed by atoms with E-state index in [4.69, 9.17) is 19.0 Å². The van der Waals surface area contributed by atoms with E-state index in [1.165, 1.54) is 0 Å². The van der Waals surface area contributed by atoms with Gasteiger partial charge in [-0.05, 0) is 81.7 Å². The number of allylic oxidation sites excluding steroid dienone is 4. The zero-order chi connectivity index (χ0) is 30.1. The Balaban J connectivity index is 1.20. The van der Waals surface area contributed by atoms with Crippen LogP contribution >= 0.6 is 0 Å². The minimum atomic E-state index is -1.38. The SMILES string of the molecule is Cc1ccc(OCCO/N=C2\C=C[C@@]3(C)C(=C2)[C@@H](F)C[C@@H]2[C@@H]3[C@@H](O)C[C@@]3(C)[C@H]2C[C@H]2OC(C)(C)O[C@]23C(=O)CO)cc1. The average molecular weight is 584 g/mol. The summed E-state index contributed by atoms with van der Waals surface area (Å²) in [7, 11) is 0. The van der Waals surface area contributed by atoms with E-state index in [0.29, 0.717) is 30.7 Å². The van der Waals surface area contributed by atoms with Gasteiger partial charge in [-0.1, -0.05) is 42.8 Å². The molecule has 2 N–H and O–H groups in total. The molecule has 9 heteroatoms. The smallest absolute Gasteiger partial charge is 0.193 e. The Morgan fingerprint density at radius 1 is 1.14 bits per heavy atom. The van der Waals surface area contributed by atoms with Crippen LogP contribution in [0.5, 0.6) is 5.75 Å². The van der Waals surface area contributed by atoms with Crippen LogP contribution in [0.15, 0.2) is 53.2 Å². The van der Waals surface area contributed by atoms with E-state index in [9.17, 15) is 15.0 Å². The number of aliphatic hydroxyl groups is 2. The van der Waals surface area contributed by atoms with E-state index in [0.717, 1.165) is 11.3 Å². The number of halogens is 1. The molecular formula is C33H42FNO7. The standard InChI is InChI=1S/C33H42FNO7/c1-19-6-8-21(9-7-19)39-12-13-40-35-20-10-11-31(4)24(14-20)25(34)15-22-23-16-28-33(27(38)18-36,42-30(2,3)41-28)32(23,5)17-26(37)29(22)31/h6-11,14,22-23,25-26,28-29,36-37H,12-13,15-18H2,1-5H3/b35-20+/t22-,23-,25-,26-,28+,29+,31-,32-,33+/m0/s1. The van der Waals surface area contributed by atoms with E-state index >= 15 is 4.39 Å². The molecule has 4 aliphatic carbocycles. The van der Waals surface area contributed by atoms with Crippen LogP contribution < -0.4 is 4.74 Å². The number of benzene rings is 1. The summed E-state index contributed by atoms with van der Waals surface area (Å²) in [6.07, 6.45) is 3.91. The molecule has 4 fully saturated rings. The van der Waals surface area contributed by atoms with Gasteiger partial charge >= 0.3 is 0 Å². The number of hydrogen-bond donors (Lipinski definition) is 2. The molecular weight excluding hydrogens is 541 g/mol. The van der Waals surface area contributed by atoms with Gasteiger partial charge in [-0.3, -0.25) is 4.79 Å². The first-order chi connectivity index (χ1) is 19.8. The Morgan fingerprint density at radius 3 is 2.60 bits per heavy atom. The third-order valence-corrected chi connectivity index (χ3v) is 10.7. The molecule has 42 heavy (non-hydrogen) atoms. The Labute approximate surface area is 246 Å². The third-order valence-electron chi connectivity index (χ3n) is 10.7. The topological polar surface area (TPSA) is 107 Å². The van der Waals surface area contributed by atoms with E-state index < -0.39 is 53.0 Å². The fraction of sp³-hybridized carbons (Fsp3) is 0.636. The van der Waals surface area contributed by atoms with Crippen LogP contribution in [0.2, 0.25) is 0 Å². The first-order valence-electron chi connectivity index (χ1n) is 15.0. The molecule has 6 rings (SSSR count). The molecule has 0 unspecified atom stereocenters. The number of carbonyl (C=O) groups excluding carboxylic acids is 1. The largest absolute Gasteiger partial charge is 0.490 e. The van der Waals surface area contributed by atoms with Gasteiger partial charge in [0.2, 0.25) is 0 Å². The Hall–Kier alpha value is -2.59. The van der Waals surface area contributed by atoms with E-state index in [-0.39, 0.29) is 30.8 Å². The highest BCUT2D eigenvalue weighted by Crippen LogP contribution is 2.70. The van der Waals surface area contributed by atoms with Crippen LogP contribution in [-0.2, 0) is 19.1 Å². The number of oxime groups is 1. The summed E-state index contributed by atoms with van der Waals surface area (Å²) < 4.78 is 34.4. The quantitative estimate of drug-likeness (QED) is 0.361. The molecule has 1 aliphatic heterocycles. The molecule has 0 radical (unpaired) electrons. The number of ether oxygens (including phenoxy) is 3. The monoisotopic (exact) mass is 583 g/mol. The summed E-state index contributed by atoms with van der Waals surface area (Å²) in [5.74, 6) is -1.28. The molecule has 1 aromatic rings. The maximum absolute atomic E-state index is 16.1. The van der Waals surface area contributed by atoms with Crippen molar-refractivity contribution in [2.75, 3.05) is 19.8 Å². The lowest BCUT2D eigenvalue weighted by molar-refractivity contribution is -0.226. The first kappa shape index (κ1) is 29.5. The predicted octanol–water partition coefficient (Wildman–Crippen LogP) is 4.47. The van der Waals surface area contributed by atoms with Gasteiger partial charge in [0.05, 0.1) is 12.2 Å². The number of carbonyl (C=O) groups is 1. The van der Waals surface area contributed by atoms with E-state index in [1.807, 2.05) is 57.2 Å². The number of hydrogen-bond acceptors (Lipinski definition) is 8. The van der Waals surface area contributed by atoms with Crippen LogP contribution in [0.25, 0.3) is 0 Å². The summed E-state index contributed by atoms with van der Waals surface area (Å²) in [6.45, 7) is 9.37. The molecule has 0 spiro atoms. The molecule has 1 aromatic carbocycles. The molecule has 1 saturated heterocycles. The second-order valence-corrected chi connectivity index (χ2v) is 13.6. The maximum Gasteiger partial charge on any atom is 0.193 e. The fourth-order valence-corrected chi connectivity index (χ4v) is 9.07. The zero-order valence-corrected chi connectivity index (χ0v) is 25.0. The van der Waals surface area contributed by atoms with Crippen molar-refractivity contribution in [3.63, 3.8) is 0 Å². The molecule has 0 aromatic heterocycles. The van der Waals surface area contributed by atoms with Crippen LogP contribution in [0.3, 0.4) is 0 Å². The van der Waals surface area contributed by atoms with E-state index in [1.54, 1.807) is 19.9 Å². The van der Waals surface area contributed by atoms with Crippen molar-refractivity contribution >= 4 is 11.5 Å². The number of nitrogens with zero attached hydrogens (tertiary/aromatic N) is 1. The number of aliphatic hydroxyl groups excluding tert-OH is 2. The van der Waals surface area contributed by atoms with Gasteiger partial charge in [0.25, 0.3) is 0 Å². The lowest BCUT2D eigenvalue weighted by Crippen LogP contribution is -2.64. The summed E-state index contributed by atoms with van der Waals surface area (Å²) in [5, 5.41) is 26.0. The van der Waals surface area contributed by atoms with Crippen molar-refractivity contribution in [3.05, 3.63) is 53.6 Å². The summed E-state index contributed by atoms with van der Waals surface area (Å²) in [5.41, 5.74) is -0.678. The Kier molecular flexibility index (Phi) is 7.20. The number of aryl methyl sites for hydroxylation is 1. The summed E-state index contributed by atoms with van der Waals surface area (Å²) in [4.78, 5) is 18.9. The van der Waals surface area contributed by atoms with Crippen molar-refractivity contribution in [1.82, 2.24) is 0 Å². The molecule has 5 aliphatic rings. The molecule has 0 amide bonds. The molecule has 8 nitrogen and oxygen atoms in total. The number of rotatable bonds is 7. The highest BCUT2D eigenvalue weighted by molar-refractivity contribution is 6.05. The van der Waals surface area contributed by atoms with Gasteiger partial charge in [0.15, 0.2) is 23.8 Å². The van der Waals surface area contributed by atoms with Gasteiger partial charge in [-0.2, -0.15) is 0 Å². The number of ketones is 1. The highest BCUT2D eigenvalue weighted by Gasteiger charge is 2.77. The second kappa shape index (κ2) is 10.3. The average Bonchev–Trinajstić information content (AvgIpc) is 3.34. The fourth-order valence-electron chi connectivity index (χ4n) is 9.07. The van der Waals surface area contributed by atoms with Crippen LogP contribution in [-0.4, -0.2) is 71.3 Å². The minimum absolute atomic E-state index is 0.126. The zero-order valence-electron chi connectivity index (χ0n) is 25.0. The predicted molar refractivity (Wildman–Crippen MR) is 154 cm³/mol. The normalized spacial score (nSPS) is 42.3. The highest BCUT2D eigenvalue weighted by atomic mass is 19.1. The van der Waals surface area contributed by atoms with Crippen molar-refractivity contribution in [2.45, 2.75) is 83.6 Å². The van der Waals surface area contributed by atoms with Crippen molar-refractivity contribution in [3.8, 4) is 5.75 Å². The molecule has 0 bridgehead atoms. The first-order valence-corrected chi connectivity index (χ1v) is 15.0. The number of Topliss-reactive ketones (excluding diaryl/α,β-unsaturated/α-hetero) is 1. The Morgan fingerprint density at radius 2 is 1.88 bits per heavy atom. The van der Waals surface area contributed by atoms with Gasteiger partial charge in [0, 0.05) is 16.7 Å². The van der Waals surface area contributed by atoms with Gasteiger partial charge in [0.1, 0.15) is 30.8 Å². The minimum Gasteiger partial charge on any atom is -0.490 e. The van der Waals surface area contributed by atoms with Crippen LogP contribution in [0.1, 0.15) is 52.5 Å². The van der Waals surface area contributed by atoms with Gasteiger partial charge in [-0.25, -0.2) is 4.39 Å². The number of fused-ring (bicyclic) bond motifs is 7. The van der Waals surface area contributed by atoms with Crippen molar-refractivity contribution in [2.24, 2.45) is 33.7 Å². The lowest BCUT2D eigenvalue weighted by atomic mass is 9.46. The summed E-state index contributed by atoms with van der Waals surface area (Å²) >= 11 is 0.